The van der Waals surface area contributed by atoms with Gasteiger partial charge in [-0.2, -0.15) is 0 Å². The summed E-state index contributed by atoms with van der Waals surface area (Å²) in [5.41, 5.74) is 0.297. The van der Waals surface area contributed by atoms with Crippen LogP contribution in [0.25, 0.3) is 11.1 Å². The lowest BCUT2D eigenvalue weighted by molar-refractivity contribution is 0.0993. The van der Waals surface area contributed by atoms with Gasteiger partial charge in [0.05, 0.1) is 22.4 Å². The smallest absolute Gasteiger partial charge is 0.214 e. The predicted molar refractivity (Wildman–Crippen MR) is 110 cm³/mol. The Balaban J connectivity index is 1.85. The van der Waals surface area contributed by atoms with Crippen LogP contribution in [0.2, 0.25) is 5.02 Å². The van der Waals surface area contributed by atoms with Crippen LogP contribution in [0.4, 0.5) is 8.78 Å². The molecule has 0 aromatic heterocycles. The van der Waals surface area contributed by atoms with Gasteiger partial charge < -0.3 is 0 Å². The molecule has 1 aliphatic carbocycles. The molecule has 1 saturated carbocycles. The van der Waals surface area contributed by atoms with E-state index in [1.54, 1.807) is 6.07 Å². The predicted octanol–water partition coefficient (Wildman–Crippen LogP) is 5.03. The van der Waals surface area contributed by atoms with Crippen molar-refractivity contribution in [1.29, 1.82) is 0 Å². The molecular formula is C21H22ClF2NO3S. The number of aryl methyl sites for hydroxylation is 1. The van der Waals surface area contributed by atoms with Gasteiger partial charge in [0, 0.05) is 5.56 Å². The summed E-state index contributed by atoms with van der Waals surface area (Å²) < 4.78 is 56.1. The van der Waals surface area contributed by atoms with Crippen LogP contribution < -0.4 is 4.72 Å². The summed E-state index contributed by atoms with van der Waals surface area (Å²) in [5, 5.41) is -0.611. The Hall–Kier alpha value is -1.83. The third-order valence-electron chi connectivity index (χ3n) is 5.24. The Morgan fingerprint density at radius 1 is 1.14 bits per heavy atom. The van der Waals surface area contributed by atoms with Crippen molar-refractivity contribution >= 4 is 27.4 Å². The second-order valence-electron chi connectivity index (χ2n) is 7.31. The number of Topliss-reactive ketones (excluding diaryl/α,β-unsaturated/α-hetero) is 1. The number of hydrogen-bond acceptors (Lipinski definition) is 3. The third kappa shape index (κ3) is 4.85. The SMILES string of the molecule is Cc1cc(-c2cccc(Cl)c2F)cc(C(=O)CNS(=O)(=O)C2CCCCC2)c1F. The van der Waals surface area contributed by atoms with E-state index in [1.807, 2.05) is 0 Å². The lowest BCUT2D eigenvalue weighted by Gasteiger charge is -2.21. The van der Waals surface area contributed by atoms with Crippen molar-refractivity contribution in [2.75, 3.05) is 6.54 Å². The summed E-state index contributed by atoms with van der Waals surface area (Å²) in [4.78, 5) is 12.6. The number of carbonyl (C=O) groups is 1. The van der Waals surface area contributed by atoms with Crippen LogP contribution in [0.3, 0.4) is 0 Å². The number of sulfonamides is 1. The fourth-order valence-corrected chi connectivity index (χ4v) is 5.31. The number of hydrogen-bond donors (Lipinski definition) is 1. The first kappa shape index (κ1) is 21.9. The van der Waals surface area contributed by atoms with Crippen molar-refractivity contribution in [2.45, 2.75) is 44.3 Å². The number of carbonyl (C=O) groups excluding carboxylic acids is 1. The zero-order chi connectivity index (χ0) is 21.2. The molecule has 0 amide bonds. The molecule has 2 aromatic rings. The van der Waals surface area contributed by atoms with Crippen molar-refractivity contribution in [3.8, 4) is 11.1 Å². The van der Waals surface area contributed by atoms with Crippen molar-refractivity contribution in [2.24, 2.45) is 0 Å². The highest BCUT2D eigenvalue weighted by Crippen LogP contribution is 2.30. The standard InChI is InChI=1S/C21H22ClF2NO3S/c1-13-10-14(16-8-5-9-18(22)21(16)24)11-17(20(13)23)19(26)12-25-29(27,28)15-6-3-2-4-7-15/h5,8-11,15,25H,2-4,6-7,12H2,1H3. The summed E-state index contributed by atoms with van der Waals surface area (Å²) in [7, 11) is -3.65. The van der Waals surface area contributed by atoms with Gasteiger partial charge >= 0.3 is 0 Å². The average molecular weight is 442 g/mol. The largest absolute Gasteiger partial charge is 0.293 e. The van der Waals surface area contributed by atoms with Crippen LogP contribution in [0, 0.1) is 18.6 Å². The molecule has 2 aromatic carbocycles. The minimum Gasteiger partial charge on any atom is -0.293 e. The van der Waals surface area contributed by atoms with Crippen LogP contribution in [-0.4, -0.2) is 26.0 Å². The Morgan fingerprint density at radius 2 is 1.83 bits per heavy atom. The van der Waals surface area contributed by atoms with E-state index in [2.05, 4.69) is 4.72 Å². The normalized spacial score (nSPS) is 15.4. The van der Waals surface area contributed by atoms with Gasteiger partial charge in [-0.25, -0.2) is 21.9 Å². The fourth-order valence-electron chi connectivity index (χ4n) is 3.61. The van der Waals surface area contributed by atoms with Gasteiger partial charge in [0.15, 0.2) is 5.78 Å². The molecule has 4 nitrogen and oxygen atoms in total. The number of nitrogens with one attached hydrogen (secondary N) is 1. The zero-order valence-corrected chi connectivity index (χ0v) is 17.5. The average Bonchev–Trinajstić information content (AvgIpc) is 2.71. The number of benzene rings is 2. The minimum absolute atomic E-state index is 0.0856. The summed E-state index contributed by atoms with van der Waals surface area (Å²) in [6.07, 6.45) is 3.78. The van der Waals surface area contributed by atoms with E-state index >= 15 is 0 Å². The molecule has 1 fully saturated rings. The maximum Gasteiger partial charge on any atom is 0.214 e. The second kappa shape index (κ2) is 8.90. The number of halogens is 3. The van der Waals surface area contributed by atoms with Crippen LogP contribution >= 0.6 is 11.6 Å². The van der Waals surface area contributed by atoms with Crippen LogP contribution in [0.1, 0.15) is 48.0 Å². The van der Waals surface area contributed by atoms with Crippen LogP contribution in [0.15, 0.2) is 30.3 Å². The Labute approximate surface area is 174 Å². The summed E-state index contributed by atoms with van der Waals surface area (Å²) >= 11 is 5.82. The fraction of sp³-hybridized carbons (Fsp3) is 0.381. The lowest BCUT2D eigenvalue weighted by Crippen LogP contribution is -2.38. The van der Waals surface area contributed by atoms with Gasteiger partial charge in [0.25, 0.3) is 0 Å². The second-order valence-corrected chi connectivity index (χ2v) is 9.76. The van der Waals surface area contributed by atoms with E-state index in [4.69, 9.17) is 11.6 Å². The molecule has 0 aliphatic heterocycles. The van der Waals surface area contributed by atoms with Crippen molar-refractivity contribution in [3.05, 3.63) is 58.1 Å². The molecule has 1 N–H and O–H groups in total. The van der Waals surface area contributed by atoms with Gasteiger partial charge in [-0.3, -0.25) is 4.79 Å². The van der Waals surface area contributed by atoms with Gasteiger partial charge in [0.1, 0.15) is 11.6 Å². The highest BCUT2D eigenvalue weighted by molar-refractivity contribution is 7.90. The lowest BCUT2D eigenvalue weighted by atomic mass is 9.97. The summed E-state index contributed by atoms with van der Waals surface area (Å²) in [6.45, 7) is 0.918. The molecule has 3 rings (SSSR count). The molecular weight excluding hydrogens is 420 g/mol. The van der Waals surface area contributed by atoms with E-state index in [-0.39, 0.29) is 21.7 Å². The van der Waals surface area contributed by atoms with E-state index < -0.39 is 39.2 Å². The highest BCUT2D eigenvalue weighted by atomic mass is 35.5. The molecule has 8 heteroatoms. The molecule has 0 saturated heterocycles. The highest BCUT2D eigenvalue weighted by Gasteiger charge is 2.28. The first-order chi connectivity index (χ1) is 13.7. The first-order valence-corrected chi connectivity index (χ1v) is 11.4. The molecule has 29 heavy (non-hydrogen) atoms. The molecule has 156 valence electrons. The quantitative estimate of drug-likeness (QED) is 0.639. The van der Waals surface area contributed by atoms with Gasteiger partial charge in [0.2, 0.25) is 10.0 Å². The van der Waals surface area contributed by atoms with Crippen LogP contribution in [0.5, 0.6) is 0 Å². The van der Waals surface area contributed by atoms with Crippen LogP contribution in [-0.2, 0) is 10.0 Å². The number of ketones is 1. The third-order valence-corrected chi connectivity index (χ3v) is 7.43. The Kier molecular flexibility index (Phi) is 6.71. The Bertz CT molecular complexity index is 1030. The van der Waals surface area contributed by atoms with Gasteiger partial charge in [-0.05, 0) is 49.1 Å². The molecule has 1 aliphatic rings. The van der Waals surface area contributed by atoms with E-state index in [0.717, 1.165) is 19.3 Å². The topological polar surface area (TPSA) is 63.2 Å². The molecule has 0 spiro atoms. The molecule has 0 bridgehead atoms. The molecule has 0 radical (unpaired) electrons. The van der Waals surface area contributed by atoms with E-state index in [1.165, 1.54) is 31.2 Å². The number of rotatable bonds is 6. The van der Waals surface area contributed by atoms with E-state index in [9.17, 15) is 22.0 Å². The zero-order valence-electron chi connectivity index (χ0n) is 16.0. The van der Waals surface area contributed by atoms with Gasteiger partial charge in [-0.1, -0.05) is 43.0 Å². The first-order valence-electron chi connectivity index (χ1n) is 9.47. The van der Waals surface area contributed by atoms with Crippen molar-refractivity contribution < 1.29 is 22.0 Å². The monoisotopic (exact) mass is 441 g/mol. The summed E-state index contributed by atoms with van der Waals surface area (Å²) in [5.74, 6) is -2.14. The maximum absolute atomic E-state index is 14.6. The molecule has 0 heterocycles. The molecule has 0 atom stereocenters. The maximum atomic E-state index is 14.6. The van der Waals surface area contributed by atoms with Crippen molar-refractivity contribution in [3.63, 3.8) is 0 Å². The van der Waals surface area contributed by atoms with Gasteiger partial charge in [-0.15, -0.1) is 0 Å². The summed E-state index contributed by atoms with van der Waals surface area (Å²) in [6, 6.07) is 7.08. The molecule has 0 unspecified atom stereocenters. The Morgan fingerprint density at radius 3 is 2.52 bits per heavy atom. The van der Waals surface area contributed by atoms with E-state index in [0.29, 0.717) is 18.4 Å². The minimum atomic E-state index is -3.65. The van der Waals surface area contributed by atoms with Crippen molar-refractivity contribution in [1.82, 2.24) is 4.72 Å².